The molecule has 1 aliphatic rings. The first-order chi connectivity index (χ1) is 17.4. The van der Waals surface area contributed by atoms with Gasteiger partial charge in [-0.3, -0.25) is 9.59 Å². The normalized spacial score (nSPS) is 14.0. The van der Waals surface area contributed by atoms with Crippen molar-refractivity contribution in [2.45, 2.75) is 19.8 Å². The highest BCUT2D eigenvalue weighted by Crippen LogP contribution is 2.41. The molecule has 1 aromatic heterocycles. The summed E-state index contributed by atoms with van der Waals surface area (Å²) in [6.07, 6.45) is 1.57. The van der Waals surface area contributed by atoms with Crippen LogP contribution in [0.4, 0.5) is 10.2 Å². The van der Waals surface area contributed by atoms with Gasteiger partial charge in [0.15, 0.2) is 5.82 Å². The van der Waals surface area contributed by atoms with E-state index < -0.39 is 5.82 Å². The van der Waals surface area contributed by atoms with Gasteiger partial charge in [0.05, 0.1) is 11.4 Å². The van der Waals surface area contributed by atoms with Crippen LogP contribution in [0.25, 0.3) is 32.8 Å². The Morgan fingerprint density at radius 1 is 1.06 bits per heavy atom. The van der Waals surface area contributed by atoms with Crippen molar-refractivity contribution >= 4 is 50.8 Å². The number of fused-ring (bicyclic) bond motifs is 2. The Kier molecular flexibility index (Phi) is 6.45. The summed E-state index contributed by atoms with van der Waals surface area (Å²) in [5.74, 6) is -0.305. The predicted molar refractivity (Wildman–Crippen MR) is 138 cm³/mol. The number of piperazine rings is 1. The number of phenols is 1. The van der Waals surface area contributed by atoms with E-state index in [0.29, 0.717) is 49.4 Å². The molecule has 5 rings (SSSR count). The van der Waals surface area contributed by atoms with Gasteiger partial charge in [0.25, 0.3) is 0 Å². The number of ketones is 1. The summed E-state index contributed by atoms with van der Waals surface area (Å²) in [5.41, 5.74) is 0.764. The number of Topliss-reactive ketones (excluding diaryl/α,β-unsaturated/α-hetero) is 1. The minimum Gasteiger partial charge on any atom is -0.508 e. The van der Waals surface area contributed by atoms with E-state index in [4.69, 9.17) is 11.6 Å². The molecule has 0 saturated carbocycles. The number of amides is 1. The molecule has 0 spiro atoms. The van der Waals surface area contributed by atoms with E-state index in [9.17, 15) is 14.7 Å². The fourth-order valence-electron chi connectivity index (χ4n) is 4.69. The van der Waals surface area contributed by atoms with Gasteiger partial charge in [-0.2, -0.15) is 0 Å². The average Bonchev–Trinajstić information content (AvgIpc) is 2.88. The number of aromatic nitrogens is 2. The highest BCUT2D eigenvalue weighted by atomic mass is 35.5. The summed E-state index contributed by atoms with van der Waals surface area (Å²) in [4.78, 5) is 36.3. The summed E-state index contributed by atoms with van der Waals surface area (Å²) in [6.45, 7) is 3.58. The van der Waals surface area contributed by atoms with E-state index in [-0.39, 0.29) is 40.0 Å². The molecule has 2 heterocycles. The Hall–Kier alpha value is -3.78. The zero-order chi connectivity index (χ0) is 25.4. The van der Waals surface area contributed by atoms with Crippen molar-refractivity contribution in [3.05, 3.63) is 59.6 Å². The van der Waals surface area contributed by atoms with Crippen LogP contribution in [0.15, 0.2) is 48.8 Å². The third-order valence-electron chi connectivity index (χ3n) is 6.59. The van der Waals surface area contributed by atoms with Crippen LogP contribution in [0.3, 0.4) is 0 Å². The number of aromatic hydroxyl groups is 1. The lowest BCUT2D eigenvalue weighted by atomic mass is 9.96. The molecule has 4 aromatic rings. The van der Waals surface area contributed by atoms with Crippen LogP contribution in [0.1, 0.15) is 19.8 Å². The molecule has 36 heavy (non-hydrogen) atoms. The van der Waals surface area contributed by atoms with Crippen molar-refractivity contribution in [3.63, 3.8) is 0 Å². The molecule has 1 aliphatic heterocycles. The topological polar surface area (TPSA) is 86.6 Å². The van der Waals surface area contributed by atoms with Crippen LogP contribution in [0.5, 0.6) is 5.75 Å². The summed E-state index contributed by atoms with van der Waals surface area (Å²) in [5, 5.41) is 12.4. The maximum atomic E-state index is 16.0. The summed E-state index contributed by atoms with van der Waals surface area (Å²) < 4.78 is 16.0. The molecule has 184 valence electrons. The molecule has 1 fully saturated rings. The number of benzene rings is 3. The number of halogens is 2. The predicted octanol–water partition coefficient (Wildman–Crippen LogP) is 4.97. The Labute approximate surface area is 212 Å². The molecule has 1 saturated heterocycles. The van der Waals surface area contributed by atoms with E-state index in [0.717, 1.165) is 10.8 Å². The number of rotatable bonds is 5. The Bertz CT molecular complexity index is 1500. The molecule has 9 heteroatoms. The smallest absolute Gasteiger partial charge is 0.230 e. The zero-order valence-corrected chi connectivity index (χ0v) is 20.4. The fourth-order valence-corrected chi connectivity index (χ4v) is 4.98. The van der Waals surface area contributed by atoms with E-state index >= 15 is 4.39 Å². The number of carbonyl (C=O) groups is 2. The lowest BCUT2D eigenvalue weighted by molar-refractivity contribution is -0.135. The monoisotopic (exact) mass is 506 g/mol. The van der Waals surface area contributed by atoms with Gasteiger partial charge < -0.3 is 14.9 Å². The van der Waals surface area contributed by atoms with Crippen LogP contribution in [-0.2, 0) is 9.59 Å². The van der Waals surface area contributed by atoms with Gasteiger partial charge in [-0.15, -0.1) is 0 Å². The molecule has 0 aliphatic carbocycles. The first-order valence-corrected chi connectivity index (χ1v) is 12.1. The van der Waals surface area contributed by atoms with Gasteiger partial charge >= 0.3 is 0 Å². The number of anilines is 1. The lowest BCUT2D eigenvalue weighted by Crippen LogP contribution is -2.49. The molecule has 3 aromatic carbocycles. The SMILES string of the molecule is CCC(=O)CC(=O)N1CCN(c2ncnc3c(F)c(-c4cc(O)cc5ccccc45)c(Cl)cc23)CC1. The van der Waals surface area contributed by atoms with Crippen molar-refractivity contribution in [2.24, 2.45) is 0 Å². The highest BCUT2D eigenvalue weighted by molar-refractivity contribution is 6.35. The van der Waals surface area contributed by atoms with Crippen molar-refractivity contribution < 1.29 is 19.1 Å². The van der Waals surface area contributed by atoms with Crippen LogP contribution >= 0.6 is 11.6 Å². The quantitative estimate of drug-likeness (QED) is 0.385. The van der Waals surface area contributed by atoms with Crippen LogP contribution in [0, 0.1) is 5.82 Å². The number of hydrogen-bond acceptors (Lipinski definition) is 6. The second kappa shape index (κ2) is 9.70. The molecule has 0 atom stereocenters. The number of carbonyl (C=O) groups excluding carboxylic acids is 2. The molecule has 1 N–H and O–H groups in total. The third-order valence-corrected chi connectivity index (χ3v) is 6.89. The van der Waals surface area contributed by atoms with Gasteiger partial charge in [0, 0.05) is 43.5 Å². The Balaban J connectivity index is 1.51. The van der Waals surface area contributed by atoms with Crippen molar-refractivity contribution in [1.82, 2.24) is 14.9 Å². The number of hydrogen-bond donors (Lipinski definition) is 1. The number of nitrogens with zero attached hydrogens (tertiary/aromatic N) is 4. The molecule has 7 nitrogen and oxygen atoms in total. The highest BCUT2D eigenvalue weighted by Gasteiger charge is 2.26. The van der Waals surface area contributed by atoms with Gasteiger partial charge in [-0.05, 0) is 34.5 Å². The second-order valence-corrected chi connectivity index (χ2v) is 9.20. The standard InChI is InChI=1S/C27H24ClFN4O3/c1-2-17(34)13-23(36)32-7-9-33(10-8-32)27-21-14-22(28)24(25(29)26(21)30-15-31-27)20-12-18(35)11-16-5-3-4-6-19(16)20/h3-6,11-12,14-15,35H,2,7-10,13H2,1H3. The van der Waals surface area contributed by atoms with Crippen molar-refractivity contribution in [3.8, 4) is 16.9 Å². The molecular weight excluding hydrogens is 483 g/mol. The molecule has 0 radical (unpaired) electrons. The Morgan fingerprint density at radius 3 is 2.56 bits per heavy atom. The maximum absolute atomic E-state index is 16.0. The van der Waals surface area contributed by atoms with Crippen LogP contribution in [0.2, 0.25) is 5.02 Å². The van der Waals surface area contributed by atoms with E-state index in [2.05, 4.69) is 9.97 Å². The molecular formula is C27H24ClFN4O3. The van der Waals surface area contributed by atoms with Crippen molar-refractivity contribution in [1.29, 1.82) is 0 Å². The first-order valence-electron chi connectivity index (χ1n) is 11.8. The van der Waals surface area contributed by atoms with E-state index in [1.165, 1.54) is 12.4 Å². The minimum absolute atomic E-state index is 0.00990. The number of phenolic OH excluding ortho intramolecular Hbond substituents is 1. The van der Waals surface area contributed by atoms with Gasteiger partial charge in [-0.25, -0.2) is 14.4 Å². The first kappa shape index (κ1) is 23.9. The van der Waals surface area contributed by atoms with E-state index in [1.54, 1.807) is 24.0 Å². The lowest BCUT2D eigenvalue weighted by Gasteiger charge is -2.35. The van der Waals surface area contributed by atoms with Crippen molar-refractivity contribution in [2.75, 3.05) is 31.1 Å². The molecule has 0 unspecified atom stereocenters. The summed E-state index contributed by atoms with van der Waals surface area (Å²) >= 11 is 6.65. The summed E-state index contributed by atoms with van der Waals surface area (Å²) in [6, 6.07) is 12.2. The molecule has 1 amide bonds. The zero-order valence-electron chi connectivity index (χ0n) is 19.7. The van der Waals surface area contributed by atoms with Gasteiger partial charge in [0.1, 0.15) is 29.2 Å². The third kappa shape index (κ3) is 4.33. The van der Waals surface area contributed by atoms with Crippen LogP contribution in [-0.4, -0.2) is 57.8 Å². The fraction of sp³-hybridized carbons (Fsp3) is 0.259. The van der Waals surface area contributed by atoms with Gasteiger partial charge in [0.2, 0.25) is 5.91 Å². The average molecular weight is 507 g/mol. The minimum atomic E-state index is -0.594. The summed E-state index contributed by atoms with van der Waals surface area (Å²) in [7, 11) is 0. The van der Waals surface area contributed by atoms with E-state index in [1.807, 2.05) is 29.2 Å². The largest absolute Gasteiger partial charge is 0.508 e. The van der Waals surface area contributed by atoms with Gasteiger partial charge in [-0.1, -0.05) is 42.8 Å². The Morgan fingerprint density at radius 2 is 1.81 bits per heavy atom. The molecule has 0 bridgehead atoms. The maximum Gasteiger partial charge on any atom is 0.230 e. The van der Waals surface area contributed by atoms with Crippen LogP contribution < -0.4 is 4.90 Å². The second-order valence-electron chi connectivity index (χ2n) is 8.79.